The van der Waals surface area contributed by atoms with E-state index < -0.39 is 10.2 Å². The molecule has 1 atom stereocenters. The van der Waals surface area contributed by atoms with Crippen LogP contribution in [0.1, 0.15) is 31.7 Å². The van der Waals surface area contributed by atoms with Gasteiger partial charge in [0.2, 0.25) is 0 Å². The van der Waals surface area contributed by atoms with Crippen molar-refractivity contribution >= 4 is 15.9 Å². The van der Waals surface area contributed by atoms with Crippen molar-refractivity contribution in [1.82, 2.24) is 9.29 Å². The zero-order valence-corrected chi connectivity index (χ0v) is 11.5. The Balaban J connectivity index is 2.94. The van der Waals surface area contributed by atoms with E-state index in [1.807, 2.05) is 6.07 Å². The molecule has 0 aliphatic heterocycles. The lowest BCUT2D eigenvalue weighted by atomic mass is 10.0. The fraction of sp³-hybridized carbons (Fsp3) is 0.545. The summed E-state index contributed by atoms with van der Waals surface area (Å²) in [4.78, 5) is 4.05. The molecule has 0 bridgehead atoms. The van der Waals surface area contributed by atoms with Gasteiger partial charge in [0.15, 0.2) is 0 Å². The maximum Gasteiger partial charge on any atom is 0.301 e. The molecular formula is C11H19N3O2S. The Morgan fingerprint density at radius 2 is 2.06 bits per heavy atom. The van der Waals surface area contributed by atoms with Gasteiger partial charge in [-0.1, -0.05) is 13.8 Å². The van der Waals surface area contributed by atoms with Crippen molar-refractivity contribution in [2.75, 3.05) is 18.8 Å². The summed E-state index contributed by atoms with van der Waals surface area (Å²) in [6, 6.07) is 1.82. The second-order valence-electron chi connectivity index (χ2n) is 4.21. The van der Waals surface area contributed by atoms with Gasteiger partial charge in [0.25, 0.3) is 0 Å². The lowest BCUT2D eigenvalue weighted by molar-refractivity contribution is 0.527. The van der Waals surface area contributed by atoms with E-state index in [0.29, 0.717) is 11.6 Å². The van der Waals surface area contributed by atoms with E-state index in [-0.39, 0.29) is 0 Å². The molecule has 17 heavy (non-hydrogen) atoms. The van der Waals surface area contributed by atoms with Crippen molar-refractivity contribution in [3.8, 4) is 0 Å². The summed E-state index contributed by atoms with van der Waals surface area (Å²) < 4.78 is 26.9. The molecule has 0 aliphatic carbocycles. The zero-order chi connectivity index (χ0) is 13.1. The van der Waals surface area contributed by atoms with Gasteiger partial charge in [-0.05, 0) is 24.0 Å². The third-order valence-corrected chi connectivity index (χ3v) is 4.12. The van der Waals surface area contributed by atoms with Crippen LogP contribution in [-0.4, -0.2) is 31.8 Å². The highest BCUT2D eigenvalue weighted by molar-refractivity contribution is 7.90. The average molecular weight is 257 g/mol. The van der Waals surface area contributed by atoms with Gasteiger partial charge in [-0.2, -0.15) is 12.7 Å². The Hall–Kier alpha value is -1.14. The van der Waals surface area contributed by atoms with Gasteiger partial charge in [-0.15, -0.1) is 0 Å². The normalized spacial score (nSPS) is 13.7. The van der Waals surface area contributed by atoms with Crippen LogP contribution in [0.25, 0.3) is 0 Å². The van der Waals surface area contributed by atoms with Gasteiger partial charge < -0.3 is 0 Å². The number of aromatic nitrogens is 1. The van der Waals surface area contributed by atoms with Crippen molar-refractivity contribution in [3.63, 3.8) is 0 Å². The molecule has 1 heterocycles. The Morgan fingerprint density at radius 3 is 2.59 bits per heavy atom. The number of hydrogen-bond acceptors (Lipinski definition) is 3. The third kappa shape index (κ3) is 3.67. The molecular weight excluding hydrogens is 238 g/mol. The minimum absolute atomic E-state index is 0.367. The summed E-state index contributed by atoms with van der Waals surface area (Å²) in [6.07, 6.45) is 4.26. The van der Waals surface area contributed by atoms with Crippen molar-refractivity contribution < 1.29 is 8.42 Å². The van der Waals surface area contributed by atoms with Gasteiger partial charge in [0, 0.05) is 20.3 Å². The topological polar surface area (TPSA) is 62.3 Å². The first-order chi connectivity index (χ1) is 7.86. The van der Waals surface area contributed by atoms with Crippen molar-refractivity contribution in [3.05, 3.63) is 24.0 Å². The SMILES string of the molecule is CCC(C)c1cncc(NS(=O)(=O)N(C)C)c1. The highest BCUT2D eigenvalue weighted by Crippen LogP contribution is 2.21. The Bertz CT molecular complexity index is 471. The predicted octanol–water partition coefficient (Wildman–Crippen LogP) is 1.81. The molecule has 0 radical (unpaired) electrons. The third-order valence-electron chi connectivity index (χ3n) is 2.67. The number of hydrogen-bond donors (Lipinski definition) is 1. The lowest BCUT2D eigenvalue weighted by Crippen LogP contribution is -2.29. The largest absolute Gasteiger partial charge is 0.301 e. The molecule has 6 heteroatoms. The molecule has 1 aromatic rings. The molecule has 0 saturated heterocycles. The van der Waals surface area contributed by atoms with E-state index in [1.54, 1.807) is 6.20 Å². The first kappa shape index (κ1) is 13.9. The second kappa shape index (κ2) is 5.46. The summed E-state index contributed by atoms with van der Waals surface area (Å²) in [5.74, 6) is 0.367. The standard InChI is InChI=1S/C11H19N3O2S/c1-5-9(2)10-6-11(8-12-7-10)13-17(15,16)14(3)4/h6-9,13H,5H2,1-4H3. The van der Waals surface area contributed by atoms with Crippen LogP contribution in [-0.2, 0) is 10.2 Å². The number of rotatable bonds is 5. The molecule has 1 aromatic heterocycles. The van der Waals surface area contributed by atoms with Gasteiger partial charge in [-0.25, -0.2) is 0 Å². The molecule has 5 nitrogen and oxygen atoms in total. The molecule has 1 unspecified atom stereocenters. The van der Waals surface area contributed by atoms with E-state index in [0.717, 1.165) is 16.3 Å². The molecule has 0 saturated carbocycles. The van der Waals surface area contributed by atoms with Crippen LogP contribution < -0.4 is 4.72 Å². The molecule has 0 aromatic carbocycles. The Morgan fingerprint density at radius 1 is 1.41 bits per heavy atom. The molecule has 96 valence electrons. The summed E-state index contributed by atoms with van der Waals surface area (Å²) in [7, 11) is -0.496. The molecule has 0 spiro atoms. The fourth-order valence-corrected chi connectivity index (χ4v) is 1.85. The van der Waals surface area contributed by atoms with Crippen molar-refractivity contribution in [2.24, 2.45) is 0 Å². The first-order valence-electron chi connectivity index (χ1n) is 5.52. The van der Waals surface area contributed by atoms with Crippen molar-refractivity contribution in [2.45, 2.75) is 26.2 Å². The highest BCUT2D eigenvalue weighted by atomic mass is 32.2. The second-order valence-corrected chi connectivity index (χ2v) is 6.09. The van der Waals surface area contributed by atoms with E-state index in [1.165, 1.54) is 20.3 Å². The minimum Gasteiger partial charge on any atom is -0.269 e. The average Bonchev–Trinajstić information content (AvgIpc) is 2.27. The minimum atomic E-state index is -3.46. The number of pyridine rings is 1. The van der Waals surface area contributed by atoms with Gasteiger partial charge >= 0.3 is 10.2 Å². The van der Waals surface area contributed by atoms with E-state index in [4.69, 9.17) is 0 Å². The Labute approximate surface area is 103 Å². The van der Waals surface area contributed by atoms with Gasteiger partial charge in [0.05, 0.1) is 11.9 Å². The lowest BCUT2D eigenvalue weighted by Gasteiger charge is -2.15. The molecule has 1 rings (SSSR count). The van der Waals surface area contributed by atoms with Crippen LogP contribution in [0, 0.1) is 0 Å². The van der Waals surface area contributed by atoms with Crippen LogP contribution in [0.3, 0.4) is 0 Å². The van der Waals surface area contributed by atoms with Crippen LogP contribution in [0.5, 0.6) is 0 Å². The number of nitrogens with zero attached hydrogens (tertiary/aromatic N) is 2. The van der Waals surface area contributed by atoms with Gasteiger partial charge in [-0.3, -0.25) is 9.71 Å². The molecule has 0 fully saturated rings. The fourth-order valence-electron chi connectivity index (χ4n) is 1.26. The number of anilines is 1. The van der Waals surface area contributed by atoms with E-state index >= 15 is 0 Å². The summed E-state index contributed by atoms with van der Waals surface area (Å²) in [6.45, 7) is 4.17. The van der Waals surface area contributed by atoms with E-state index in [2.05, 4.69) is 23.6 Å². The Kier molecular flexibility index (Phi) is 4.47. The zero-order valence-electron chi connectivity index (χ0n) is 10.6. The van der Waals surface area contributed by atoms with Crippen LogP contribution in [0.2, 0.25) is 0 Å². The van der Waals surface area contributed by atoms with Crippen LogP contribution >= 0.6 is 0 Å². The van der Waals surface area contributed by atoms with Crippen LogP contribution in [0.15, 0.2) is 18.5 Å². The first-order valence-corrected chi connectivity index (χ1v) is 6.96. The summed E-state index contributed by atoms with van der Waals surface area (Å²) in [5, 5.41) is 0. The van der Waals surface area contributed by atoms with Crippen molar-refractivity contribution in [1.29, 1.82) is 0 Å². The molecule has 0 amide bonds. The highest BCUT2D eigenvalue weighted by Gasteiger charge is 2.13. The number of nitrogens with one attached hydrogen (secondary N) is 1. The summed E-state index contributed by atoms with van der Waals surface area (Å²) in [5.41, 5.74) is 1.53. The summed E-state index contributed by atoms with van der Waals surface area (Å²) >= 11 is 0. The van der Waals surface area contributed by atoms with Gasteiger partial charge in [0.1, 0.15) is 0 Å². The maximum absolute atomic E-state index is 11.6. The monoisotopic (exact) mass is 257 g/mol. The van der Waals surface area contributed by atoms with E-state index in [9.17, 15) is 8.42 Å². The predicted molar refractivity (Wildman–Crippen MR) is 69.2 cm³/mol. The van der Waals surface area contributed by atoms with Crippen LogP contribution in [0.4, 0.5) is 5.69 Å². The molecule has 1 N–H and O–H groups in total. The smallest absolute Gasteiger partial charge is 0.269 e. The molecule has 0 aliphatic rings. The maximum atomic E-state index is 11.6. The quantitative estimate of drug-likeness (QED) is 0.875.